The third-order valence-electron chi connectivity index (χ3n) is 3.69. The van der Waals surface area contributed by atoms with Crippen LogP contribution in [0.4, 0.5) is 0 Å². The number of hydrogen-bond donors (Lipinski definition) is 1. The molecule has 2 aliphatic heterocycles. The lowest BCUT2D eigenvalue weighted by Crippen LogP contribution is -2.43. The molecule has 100 valence electrons. The van der Waals surface area contributed by atoms with E-state index in [1.165, 1.54) is 4.31 Å². The van der Waals surface area contributed by atoms with Crippen LogP contribution in [0.25, 0.3) is 0 Å². The van der Waals surface area contributed by atoms with Gasteiger partial charge in [0.2, 0.25) is 0 Å². The van der Waals surface area contributed by atoms with E-state index in [4.69, 9.17) is 4.74 Å². The van der Waals surface area contributed by atoms with Gasteiger partial charge in [-0.25, -0.2) is 0 Å². The summed E-state index contributed by atoms with van der Waals surface area (Å²) >= 11 is 0. The molecule has 2 fully saturated rings. The zero-order chi connectivity index (χ0) is 12.5. The van der Waals surface area contributed by atoms with E-state index in [2.05, 4.69) is 5.32 Å². The van der Waals surface area contributed by atoms with Gasteiger partial charge in [0.25, 0.3) is 10.2 Å². The summed E-state index contributed by atoms with van der Waals surface area (Å²) in [6.45, 7) is 4.02. The molecule has 0 aromatic rings. The third-order valence-corrected chi connectivity index (χ3v) is 5.61. The molecule has 0 saturated carbocycles. The van der Waals surface area contributed by atoms with E-state index in [9.17, 15) is 8.42 Å². The van der Waals surface area contributed by atoms with Crippen molar-refractivity contribution >= 4 is 10.2 Å². The summed E-state index contributed by atoms with van der Waals surface area (Å²) in [4.78, 5) is 0. The summed E-state index contributed by atoms with van der Waals surface area (Å²) in [7, 11) is -0.107. The molecule has 2 atom stereocenters. The Morgan fingerprint density at radius 3 is 2.47 bits per heavy atom. The number of hydrogen-bond acceptors (Lipinski definition) is 4. The van der Waals surface area contributed by atoms with Crippen LogP contribution >= 0.6 is 0 Å². The van der Waals surface area contributed by atoms with E-state index >= 15 is 0 Å². The summed E-state index contributed by atoms with van der Waals surface area (Å²) in [5.74, 6) is 0.973. The maximum Gasteiger partial charge on any atom is 0.281 e. The Kier molecular flexibility index (Phi) is 4.04. The predicted octanol–water partition coefficient (Wildman–Crippen LogP) is -1.04. The Labute approximate surface area is 103 Å². The van der Waals surface area contributed by atoms with Crippen LogP contribution in [0.1, 0.15) is 0 Å². The van der Waals surface area contributed by atoms with Gasteiger partial charge >= 0.3 is 0 Å². The molecule has 2 saturated heterocycles. The monoisotopic (exact) mass is 263 g/mol. The van der Waals surface area contributed by atoms with Crippen LogP contribution in [0.2, 0.25) is 0 Å². The standard InChI is InChI=1S/C10H21N3O3S/c1-12(3-4-16-2)17(14,15)13-7-9-5-11-6-10(9)8-13/h9-11H,3-8H2,1-2H3/t9-,10+. The summed E-state index contributed by atoms with van der Waals surface area (Å²) in [6, 6.07) is 0. The largest absolute Gasteiger partial charge is 0.383 e. The van der Waals surface area contributed by atoms with Gasteiger partial charge in [0.05, 0.1) is 6.61 Å². The summed E-state index contributed by atoms with van der Waals surface area (Å²) in [6.07, 6.45) is 0. The van der Waals surface area contributed by atoms with E-state index in [1.807, 2.05) is 0 Å². The van der Waals surface area contributed by atoms with Gasteiger partial charge in [0, 0.05) is 33.8 Å². The highest BCUT2D eigenvalue weighted by molar-refractivity contribution is 7.86. The van der Waals surface area contributed by atoms with Gasteiger partial charge in [0.1, 0.15) is 0 Å². The Morgan fingerprint density at radius 2 is 1.94 bits per heavy atom. The van der Waals surface area contributed by atoms with Gasteiger partial charge in [-0.05, 0) is 24.9 Å². The number of rotatable bonds is 5. The molecular formula is C10H21N3O3S. The van der Waals surface area contributed by atoms with E-state index in [0.717, 1.165) is 13.1 Å². The molecule has 2 rings (SSSR count). The number of nitrogens with zero attached hydrogens (tertiary/aromatic N) is 2. The molecule has 7 heteroatoms. The highest BCUT2D eigenvalue weighted by Gasteiger charge is 2.42. The zero-order valence-electron chi connectivity index (χ0n) is 10.4. The molecule has 0 spiro atoms. The Hall–Kier alpha value is -0.210. The average molecular weight is 263 g/mol. The van der Waals surface area contributed by atoms with Crippen LogP contribution in [0.3, 0.4) is 0 Å². The molecule has 17 heavy (non-hydrogen) atoms. The average Bonchev–Trinajstić information content (AvgIpc) is 2.85. The smallest absolute Gasteiger partial charge is 0.281 e. The van der Waals surface area contributed by atoms with Crippen LogP contribution in [-0.4, -0.2) is 70.5 Å². The SMILES string of the molecule is COCCN(C)S(=O)(=O)N1C[C@H]2CNC[C@H]2C1. The molecular weight excluding hydrogens is 242 g/mol. The minimum atomic E-state index is -3.29. The van der Waals surface area contributed by atoms with E-state index < -0.39 is 10.2 Å². The second-order valence-electron chi connectivity index (χ2n) is 4.82. The van der Waals surface area contributed by atoms with Crippen molar-refractivity contribution in [3.8, 4) is 0 Å². The van der Waals surface area contributed by atoms with E-state index in [1.54, 1.807) is 18.5 Å². The third kappa shape index (κ3) is 2.63. The van der Waals surface area contributed by atoms with Crippen molar-refractivity contribution in [1.29, 1.82) is 0 Å². The van der Waals surface area contributed by atoms with Crippen molar-refractivity contribution in [1.82, 2.24) is 13.9 Å². The fourth-order valence-electron chi connectivity index (χ4n) is 2.53. The molecule has 2 aliphatic rings. The molecule has 0 bridgehead atoms. The van der Waals surface area contributed by atoms with Crippen molar-refractivity contribution < 1.29 is 13.2 Å². The van der Waals surface area contributed by atoms with Crippen molar-refractivity contribution in [3.05, 3.63) is 0 Å². The predicted molar refractivity (Wildman–Crippen MR) is 64.8 cm³/mol. The lowest BCUT2D eigenvalue weighted by molar-refractivity contribution is 0.182. The minimum absolute atomic E-state index is 0.406. The molecule has 0 unspecified atom stereocenters. The van der Waals surface area contributed by atoms with E-state index in [0.29, 0.717) is 38.1 Å². The van der Waals surface area contributed by atoms with Gasteiger partial charge in [0.15, 0.2) is 0 Å². The molecule has 1 N–H and O–H groups in total. The lowest BCUT2D eigenvalue weighted by Gasteiger charge is -2.24. The molecule has 0 radical (unpaired) electrons. The first-order chi connectivity index (χ1) is 8.05. The van der Waals surface area contributed by atoms with Crippen LogP contribution < -0.4 is 5.32 Å². The summed E-state index contributed by atoms with van der Waals surface area (Å²) in [5, 5.41) is 3.30. The molecule has 0 amide bonds. The van der Waals surface area contributed by atoms with Gasteiger partial charge in [-0.15, -0.1) is 0 Å². The summed E-state index contributed by atoms with van der Waals surface area (Å²) in [5.41, 5.74) is 0. The highest BCUT2D eigenvalue weighted by Crippen LogP contribution is 2.28. The first-order valence-corrected chi connectivity index (χ1v) is 7.36. The lowest BCUT2D eigenvalue weighted by atomic mass is 10.0. The Morgan fingerprint density at radius 1 is 1.35 bits per heavy atom. The first kappa shape index (κ1) is 13.2. The number of nitrogens with one attached hydrogen (secondary N) is 1. The fraction of sp³-hybridized carbons (Fsp3) is 1.00. The fourth-order valence-corrected chi connectivity index (χ4v) is 3.99. The van der Waals surface area contributed by atoms with Crippen molar-refractivity contribution in [2.75, 3.05) is 53.5 Å². The number of fused-ring (bicyclic) bond motifs is 1. The van der Waals surface area contributed by atoms with Gasteiger partial charge in [-0.3, -0.25) is 0 Å². The maximum atomic E-state index is 12.2. The zero-order valence-corrected chi connectivity index (χ0v) is 11.2. The molecule has 6 nitrogen and oxygen atoms in total. The molecule has 0 aromatic carbocycles. The van der Waals surface area contributed by atoms with Crippen molar-refractivity contribution in [2.45, 2.75) is 0 Å². The Balaban J connectivity index is 1.97. The normalized spacial score (nSPS) is 30.1. The van der Waals surface area contributed by atoms with Crippen LogP contribution in [0.15, 0.2) is 0 Å². The van der Waals surface area contributed by atoms with Crippen LogP contribution in [0.5, 0.6) is 0 Å². The van der Waals surface area contributed by atoms with Crippen LogP contribution in [0, 0.1) is 11.8 Å². The van der Waals surface area contributed by atoms with Crippen LogP contribution in [-0.2, 0) is 14.9 Å². The van der Waals surface area contributed by atoms with Gasteiger partial charge < -0.3 is 10.1 Å². The number of methoxy groups -OCH3 is 1. The minimum Gasteiger partial charge on any atom is -0.383 e. The Bertz CT molecular complexity index is 348. The van der Waals surface area contributed by atoms with Gasteiger partial charge in [-0.2, -0.15) is 17.0 Å². The van der Waals surface area contributed by atoms with Crippen molar-refractivity contribution in [2.24, 2.45) is 11.8 Å². The highest BCUT2D eigenvalue weighted by atomic mass is 32.2. The van der Waals surface area contributed by atoms with E-state index in [-0.39, 0.29) is 0 Å². The quantitative estimate of drug-likeness (QED) is 0.688. The first-order valence-electron chi connectivity index (χ1n) is 5.96. The summed E-state index contributed by atoms with van der Waals surface area (Å²) < 4.78 is 32.4. The molecule has 2 heterocycles. The molecule has 0 aromatic heterocycles. The number of ether oxygens (including phenoxy) is 1. The topological polar surface area (TPSA) is 61.9 Å². The molecule has 0 aliphatic carbocycles. The van der Waals surface area contributed by atoms with Crippen molar-refractivity contribution in [3.63, 3.8) is 0 Å². The van der Waals surface area contributed by atoms with Gasteiger partial charge in [-0.1, -0.05) is 0 Å². The maximum absolute atomic E-state index is 12.2. The number of likely N-dealkylation sites (N-methyl/N-ethyl adjacent to an activating group) is 1. The second kappa shape index (κ2) is 5.19. The second-order valence-corrected chi connectivity index (χ2v) is 6.85.